The van der Waals surface area contributed by atoms with E-state index in [9.17, 15) is 14.4 Å². The van der Waals surface area contributed by atoms with Crippen LogP contribution in [0.2, 0.25) is 0 Å². The molecule has 0 saturated heterocycles. The van der Waals surface area contributed by atoms with Crippen molar-refractivity contribution >= 4 is 34.2 Å². The van der Waals surface area contributed by atoms with E-state index in [-0.39, 0.29) is 28.4 Å². The number of nitriles is 1. The van der Waals surface area contributed by atoms with Crippen LogP contribution in [0.1, 0.15) is 32.5 Å². The highest BCUT2D eigenvalue weighted by molar-refractivity contribution is 7.18. The van der Waals surface area contributed by atoms with Gasteiger partial charge in [0.15, 0.2) is 5.57 Å². The molecule has 1 aromatic heterocycles. The van der Waals surface area contributed by atoms with Crippen LogP contribution >= 0.6 is 11.3 Å². The maximum atomic E-state index is 12.2. The lowest BCUT2D eigenvalue weighted by molar-refractivity contribution is -0.135. The van der Waals surface area contributed by atoms with Crippen LogP contribution in [0.15, 0.2) is 11.4 Å². The van der Waals surface area contributed by atoms with Gasteiger partial charge < -0.3 is 20.1 Å². The number of thiophene rings is 1. The molecular weight excluding hydrogens is 322 g/mol. The molecule has 1 aromatic rings. The number of amides is 1. The second-order valence-electron chi connectivity index (χ2n) is 4.41. The number of nitrogens with one attached hydrogen (secondary N) is 2. The molecule has 0 spiro atoms. The Kier molecular flexibility index (Phi) is 4.66. The zero-order valence-corrected chi connectivity index (χ0v) is 13.4. The zero-order chi connectivity index (χ0) is 17.1. The summed E-state index contributed by atoms with van der Waals surface area (Å²) in [6, 6.07) is 1.68. The zero-order valence-electron chi connectivity index (χ0n) is 12.6. The molecule has 8 nitrogen and oxygen atoms in total. The molecule has 1 amide bonds. The van der Waals surface area contributed by atoms with Crippen molar-refractivity contribution in [3.63, 3.8) is 0 Å². The third-order valence-corrected chi connectivity index (χ3v) is 4.25. The van der Waals surface area contributed by atoms with Crippen molar-refractivity contribution in [3.8, 4) is 6.07 Å². The highest BCUT2D eigenvalue weighted by Crippen LogP contribution is 2.36. The Hall–Kier alpha value is -2.86. The number of fused-ring (bicyclic) bond motifs is 1. The molecule has 0 aliphatic carbocycles. The Labute approximate surface area is 135 Å². The smallest absolute Gasteiger partial charge is 0.352 e. The lowest BCUT2D eigenvalue weighted by atomic mass is 10.1. The number of rotatable bonds is 3. The minimum absolute atomic E-state index is 0.0755. The van der Waals surface area contributed by atoms with E-state index in [2.05, 4.69) is 15.4 Å². The van der Waals surface area contributed by atoms with Gasteiger partial charge in [-0.25, -0.2) is 9.59 Å². The number of anilines is 1. The Morgan fingerprint density at radius 1 is 1.35 bits per heavy atom. The molecule has 0 radical (unpaired) electrons. The van der Waals surface area contributed by atoms with Crippen LogP contribution in [0.25, 0.3) is 0 Å². The lowest BCUT2D eigenvalue weighted by Crippen LogP contribution is -2.34. The van der Waals surface area contributed by atoms with Crippen LogP contribution in [0.4, 0.5) is 5.00 Å². The summed E-state index contributed by atoms with van der Waals surface area (Å²) < 4.78 is 9.44. The number of ether oxygens (including phenoxy) is 2. The van der Waals surface area contributed by atoms with Gasteiger partial charge in [0.1, 0.15) is 21.8 Å². The van der Waals surface area contributed by atoms with E-state index in [0.29, 0.717) is 10.6 Å². The summed E-state index contributed by atoms with van der Waals surface area (Å²) in [5.41, 5.74) is 0.392. The minimum Gasteiger partial charge on any atom is -0.465 e. The van der Waals surface area contributed by atoms with Gasteiger partial charge in [0.05, 0.1) is 19.3 Å². The lowest BCUT2D eigenvalue weighted by Gasteiger charge is -2.19. The number of esters is 2. The minimum atomic E-state index is -0.877. The first-order chi connectivity index (χ1) is 10.9. The quantitative estimate of drug-likeness (QED) is 0.485. The van der Waals surface area contributed by atoms with Gasteiger partial charge in [-0.05, 0) is 19.4 Å². The van der Waals surface area contributed by atoms with Crippen molar-refractivity contribution < 1.29 is 23.9 Å². The molecule has 1 aliphatic heterocycles. The normalized spacial score (nSPS) is 14.8. The second kappa shape index (κ2) is 6.50. The van der Waals surface area contributed by atoms with E-state index in [0.717, 1.165) is 18.4 Å². The Morgan fingerprint density at radius 3 is 2.61 bits per heavy atom. The number of methoxy groups -OCH3 is 1. The van der Waals surface area contributed by atoms with Crippen LogP contribution in [0.5, 0.6) is 0 Å². The SMILES string of the molecule is CCOC(=O)c1sc2c(c1C)C(=O)N/C(=C(/C#N)C(=O)OC)N2. The predicted octanol–water partition coefficient (Wildman–Crippen LogP) is 1.30. The van der Waals surface area contributed by atoms with E-state index in [1.807, 2.05) is 0 Å². The van der Waals surface area contributed by atoms with Crippen molar-refractivity contribution in [2.45, 2.75) is 13.8 Å². The third kappa shape index (κ3) is 2.89. The molecule has 9 heteroatoms. The fourth-order valence-electron chi connectivity index (χ4n) is 2.02. The molecule has 0 fully saturated rings. The molecule has 2 N–H and O–H groups in total. The Morgan fingerprint density at radius 2 is 2.04 bits per heavy atom. The summed E-state index contributed by atoms with van der Waals surface area (Å²) in [6.07, 6.45) is 0. The molecule has 23 heavy (non-hydrogen) atoms. The first kappa shape index (κ1) is 16.5. The highest BCUT2D eigenvalue weighted by Gasteiger charge is 2.31. The molecule has 120 valence electrons. The van der Waals surface area contributed by atoms with Gasteiger partial charge in [0.2, 0.25) is 0 Å². The average molecular weight is 335 g/mol. The second-order valence-corrected chi connectivity index (χ2v) is 5.43. The van der Waals surface area contributed by atoms with Gasteiger partial charge in [0.25, 0.3) is 5.91 Å². The first-order valence-corrected chi connectivity index (χ1v) is 7.37. The van der Waals surface area contributed by atoms with E-state index >= 15 is 0 Å². The van der Waals surface area contributed by atoms with Crippen LogP contribution in [-0.4, -0.2) is 31.6 Å². The molecule has 0 atom stereocenters. The number of carbonyl (C=O) groups excluding carboxylic acids is 3. The molecule has 1 aliphatic rings. The van der Waals surface area contributed by atoms with Crippen molar-refractivity contribution in [1.29, 1.82) is 5.26 Å². The van der Waals surface area contributed by atoms with Crippen LogP contribution in [0, 0.1) is 18.3 Å². The van der Waals surface area contributed by atoms with Crippen molar-refractivity contribution in [2.75, 3.05) is 19.0 Å². The van der Waals surface area contributed by atoms with Crippen LogP contribution in [-0.2, 0) is 14.3 Å². The van der Waals surface area contributed by atoms with Crippen molar-refractivity contribution in [3.05, 3.63) is 27.4 Å². The van der Waals surface area contributed by atoms with Gasteiger partial charge in [-0.15, -0.1) is 11.3 Å². The Bertz CT molecular complexity index is 772. The summed E-state index contributed by atoms with van der Waals surface area (Å²) in [5, 5.41) is 14.6. The van der Waals surface area contributed by atoms with Gasteiger partial charge in [0, 0.05) is 0 Å². The summed E-state index contributed by atoms with van der Waals surface area (Å²) in [6.45, 7) is 3.53. The van der Waals surface area contributed by atoms with Gasteiger partial charge in [-0.3, -0.25) is 4.79 Å². The number of hydrogen-bond donors (Lipinski definition) is 2. The molecule has 0 aromatic carbocycles. The summed E-state index contributed by atoms with van der Waals surface area (Å²) in [7, 11) is 1.13. The number of hydrogen-bond acceptors (Lipinski definition) is 8. The van der Waals surface area contributed by atoms with Crippen LogP contribution < -0.4 is 10.6 Å². The van der Waals surface area contributed by atoms with E-state index in [4.69, 9.17) is 10.00 Å². The topological polar surface area (TPSA) is 118 Å². The molecule has 0 bridgehead atoms. The van der Waals surface area contributed by atoms with E-state index in [1.54, 1.807) is 19.9 Å². The van der Waals surface area contributed by atoms with Crippen molar-refractivity contribution in [2.24, 2.45) is 0 Å². The monoisotopic (exact) mass is 335 g/mol. The molecule has 0 saturated carbocycles. The fourth-order valence-corrected chi connectivity index (χ4v) is 3.12. The van der Waals surface area contributed by atoms with Gasteiger partial charge in [-0.2, -0.15) is 5.26 Å². The predicted molar refractivity (Wildman–Crippen MR) is 80.8 cm³/mol. The number of nitrogens with zero attached hydrogens (tertiary/aromatic N) is 1. The van der Waals surface area contributed by atoms with Crippen molar-refractivity contribution in [1.82, 2.24) is 5.32 Å². The number of carbonyl (C=O) groups is 3. The standard InChI is InChI=1S/C14H13N3O5S/c1-4-22-14(20)9-6(2)8-11(18)16-10(17-12(8)23-9)7(5-15)13(19)21-3/h17H,4H2,1-3H3,(H,16,18)/b10-7+. The maximum absolute atomic E-state index is 12.2. The Balaban J connectivity index is 2.50. The summed E-state index contributed by atoms with van der Waals surface area (Å²) >= 11 is 1.02. The van der Waals surface area contributed by atoms with E-state index in [1.165, 1.54) is 0 Å². The molecule has 0 unspecified atom stereocenters. The molecule has 2 rings (SSSR count). The van der Waals surface area contributed by atoms with E-state index < -0.39 is 17.8 Å². The summed E-state index contributed by atoms with van der Waals surface area (Å²) in [5.74, 6) is -2.00. The molecule has 2 heterocycles. The molecular formula is C14H13N3O5S. The largest absolute Gasteiger partial charge is 0.465 e. The van der Waals surface area contributed by atoms with Gasteiger partial charge >= 0.3 is 11.9 Å². The maximum Gasteiger partial charge on any atom is 0.352 e. The van der Waals surface area contributed by atoms with Crippen LogP contribution in [0.3, 0.4) is 0 Å². The average Bonchev–Trinajstić information content (AvgIpc) is 2.85. The highest BCUT2D eigenvalue weighted by atomic mass is 32.1. The third-order valence-electron chi connectivity index (χ3n) is 3.06. The fraction of sp³-hybridized carbons (Fsp3) is 0.286. The first-order valence-electron chi connectivity index (χ1n) is 6.56. The summed E-state index contributed by atoms with van der Waals surface area (Å²) in [4.78, 5) is 36.0. The van der Waals surface area contributed by atoms with Gasteiger partial charge in [-0.1, -0.05) is 0 Å².